The lowest BCUT2D eigenvalue weighted by Crippen LogP contribution is -2.30. The van der Waals surface area contributed by atoms with Gasteiger partial charge in [-0.25, -0.2) is 4.79 Å². The second-order valence-corrected chi connectivity index (χ2v) is 9.79. The number of hydrogen-bond acceptors (Lipinski definition) is 3. The minimum atomic E-state index is -0.941. The molecule has 0 saturated heterocycles. The molecule has 0 aliphatic heterocycles. The molecule has 0 bridgehead atoms. The minimum Gasteiger partial charge on any atom is -0.481 e. The number of carbonyl (C=O) groups is 3. The van der Waals surface area contributed by atoms with Crippen molar-refractivity contribution in [3.63, 3.8) is 0 Å². The molecule has 0 aliphatic rings. The lowest BCUT2D eigenvalue weighted by atomic mass is 9.93. The fourth-order valence-corrected chi connectivity index (χ4v) is 4.34. The van der Waals surface area contributed by atoms with E-state index in [4.69, 9.17) is 0 Å². The van der Waals surface area contributed by atoms with Gasteiger partial charge < -0.3 is 21.1 Å². The molecule has 0 fully saturated rings. The average molecular weight is 502 g/mol. The van der Waals surface area contributed by atoms with Gasteiger partial charge in [0.2, 0.25) is 0 Å². The third-order valence-corrected chi connectivity index (χ3v) is 5.91. The molecule has 7 heteroatoms. The maximum absolute atomic E-state index is 13.6. The number of hydrogen-bond donors (Lipinski definition) is 4. The first-order valence-corrected chi connectivity index (χ1v) is 12.5. The van der Waals surface area contributed by atoms with E-state index in [-0.39, 0.29) is 24.8 Å². The third kappa shape index (κ3) is 8.49. The number of carboxylic acid groups (broad SMARTS) is 1. The Kier molecular flexibility index (Phi) is 9.44. The van der Waals surface area contributed by atoms with Crippen molar-refractivity contribution in [3.8, 4) is 0 Å². The van der Waals surface area contributed by atoms with Crippen LogP contribution in [0.5, 0.6) is 0 Å². The van der Waals surface area contributed by atoms with Gasteiger partial charge in [-0.3, -0.25) is 9.59 Å². The maximum Gasteiger partial charge on any atom is 0.323 e. The molecule has 0 heterocycles. The molecule has 4 N–H and O–H groups in total. The van der Waals surface area contributed by atoms with Gasteiger partial charge in [0.05, 0.1) is 6.04 Å². The first-order chi connectivity index (χ1) is 17.6. The molecule has 7 nitrogen and oxygen atoms in total. The van der Waals surface area contributed by atoms with Crippen molar-refractivity contribution >= 4 is 29.3 Å². The number of aryl methyl sites for hydroxylation is 3. The van der Waals surface area contributed by atoms with E-state index in [9.17, 15) is 19.5 Å². The van der Waals surface area contributed by atoms with Crippen LogP contribution in [0.15, 0.2) is 66.7 Å². The normalized spacial score (nSPS) is 11.6. The zero-order valence-corrected chi connectivity index (χ0v) is 21.8. The smallest absolute Gasteiger partial charge is 0.323 e. The zero-order chi connectivity index (χ0) is 26.9. The molecule has 0 aromatic heterocycles. The molecule has 3 rings (SSSR count). The van der Waals surface area contributed by atoms with Crippen LogP contribution in [-0.4, -0.2) is 23.0 Å². The van der Waals surface area contributed by atoms with Gasteiger partial charge in [0.1, 0.15) is 0 Å². The van der Waals surface area contributed by atoms with E-state index in [1.165, 1.54) is 0 Å². The topological polar surface area (TPSA) is 108 Å². The Morgan fingerprint density at radius 1 is 0.838 bits per heavy atom. The summed E-state index contributed by atoms with van der Waals surface area (Å²) in [5.41, 5.74) is 5.30. The Hall–Kier alpha value is -4.13. The van der Waals surface area contributed by atoms with Crippen molar-refractivity contribution in [2.24, 2.45) is 5.92 Å². The highest BCUT2D eigenvalue weighted by atomic mass is 16.4. The van der Waals surface area contributed by atoms with E-state index in [0.717, 1.165) is 23.1 Å². The number of benzene rings is 3. The highest BCUT2D eigenvalue weighted by molar-refractivity contribution is 6.02. The van der Waals surface area contributed by atoms with Crippen molar-refractivity contribution in [1.82, 2.24) is 5.32 Å². The second kappa shape index (κ2) is 12.7. The van der Waals surface area contributed by atoms with Crippen LogP contribution in [0, 0.1) is 19.8 Å². The van der Waals surface area contributed by atoms with Crippen LogP contribution in [0.3, 0.4) is 0 Å². The predicted octanol–water partition coefficient (Wildman–Crippen LogP) is 6.48. The molecule has 0 saturated carbocycles. The van der Waals surface area contributed by atoms with Gasteiger partial charge in [-0.15, -0.1) is 0 Å². The van der Waals surface area contributed by atoms with Crippen LogP contribution in [0.2, 0.25) is 0 Å². The van der Waals surface area contributed by atoms with Crippen LogP contribution >= 0.6 is 0 Å². The van der Waals surface area contributed by atoms with Gasteiger partial charge >= 0.3 is 12.0 Å². The largest absolute Gasteiger partial charge is 0.481 e. The molecular formula is C30H35N3O4. The molecule has 3 aromatic rings. The number of anilines is 2. The van der Waals surface area contributed by atoms with Crippen LogP contribution in [-0.2, 0) is 11.2 Å². The summed E-state index contributed by atoms with van der Waals surface area (Å²) in [6, 6.07) is 19.6. The minimum absolute atomic E-state index is 0.103. The third-order valence-electron chi connectivity index (χ3n) is 5.91. The zero-order valence-electron chi connectivity index (χ0n) is 21.8. The maximum atomic E-state index is 13.6. The van der Waals surface area contributed by atoms with E-state index in [1.807, 2.05) is 32.0 Å². The molecule has 0 spiro atoms. The number of urea groups is 1. The van der Waals surface area contributed by atoms with Crippen LogP contribution < -0.4 is 16.0 Å². The van der Waals surface area contributed by atoms with Crippen molar-refractivity contribution in [2.45, 2.75) is 53.0 Å². The van der Waals surface area contributed by atoms with Crippen molar-refractivity contribution in [1.29, 1.82) is 0 Å². The summed E-state index contributed by atoms with van der Waals surface area (Å²) in [4.78, 5) is 37.3. The lowest BCUT2D eigenvalue weighted by Gasteiger charge is -2.23. The first-order valence-electron chi connectivity index (χ1n) is 12.5. The van der Waals surface area contributed by atoms with Gasteiger partial charge in [0.25, 0.3) is 5.91 Å². The lowest BCUT2D eigenvalue weighted by molar-refractivity contribution is -0.136. The molecule has 194 valence electrons. The van der Waals surface area contributed by atoms with Crippen molar-refractivity contribution in [2.75, 3.05) is 10.6 Å². The monoisotopic (exact) mass is 501 g/mol. The summed E-state index contributed by atoms with van der Waals surface area (Å²) in [6.45, 7) is 8.28. The van der Waals surface area contributed by atoms with E-state index in [2.05, 4.69) is 48.0 Å². The number of nitrogens with one attached hydrogen (secondary N) is 3. The Balaban J connectivity index is 1.87. The number of aliphatic carboxylic acids is 1. The van der Waals surface area contributed by atoms with E-state index in [0.29, 0.717) is 28.4 Å². The average Bonchev–Trinajstić information content (AvgIpc) is 2.82. The summed E-state index contributed by atoms with van der Waals surface area (Å²) < 4.78 is 0. The van der Waals surface area contributed by atoms with Gasteiger partial charge in [0.15, 0.2) is 0 Å². The van der Waals surface area contributed by atoms with Crippen molar-refractivity contribution in [3.05, 3.63) is 94.5 Å². The SMILES string of the molecule is Cc1cc(C)cc(C(CC(C)C)NC(=O)c2cc(NC(=O)Nc3ccccc3)ccc2CCC(=O)O)c1. The molecule has 0 radical (unpaired) electrons. The van der Waals surface area contributed by atoms with Crippen LogP contribution in [0.4, 0.5) is 16.2 Å². The predicted molar refractivity (Wildman–Crippen MR) is 147 cm³/mol. The van der Waals surface area contributed by atoms with E-state index >= 15 is 0 Å². The summed E-state index contributed by atoms with van der Waals surface area (Å²) in [5.74, 6) is -0.909. The van der Waals surface area contributed by atoms with Crippen LogP contribution in [0.25, 0.3) is 0 Å². The number of carboxylic acids is 1. The fourth-order valence-electron chi connectivity index (χ4n) is 4.34. The Labute approximate surface area is 218 Å². The molecule has 3 amide bonds. The summed E-state index contributed by atoms with van der Waals surface area (Å²) in [5, 5.41) is 17.9. The van der Waals surface area contributed by atoms with Gasteiger partial charge in [-0.1, -0.05) is 67.4 Å². The van der Waals surface area contributed by atoms with Gasteiger partial charge in [0, 0.05) is 23.4 Å². The van der Waals surface area contributed by atoms with Gasteiger partial charge in [-0.2, -0.15) is 0 Å². The number of rotatable bonds is 10. The highest BCUT2D eigenvalue weighted by Crippen LogP contribution is 2.26. The fraction of sp³-hybridized carbons (Fsp3) is 0.300. The van der Waals surface area contributed by atoms with E-state index < -0.39 is 12.0 Å². The Morgan fingerprint density at radius 2 is 1.49 bits per heavy atom. The Bertz CT molecular complexity index is 1230. The first kappa shape index (κ1) is 27.5. The molecule has 37 heavy (non-hydrogen) atoms. The molecule has 1 unspecified atom stereocenters. The number of para-hydroxylation sites is 1. The summed E-state index contributed by atoms with van der Waals surface area (Å²) in [7, 11) is 0. The van der Waals surface area contributed by atoms with Crippen molar-refractivity contribution < 1.29 is 19.5 Å². The molecular weight excluding hydrogens is 466 g/mol. The van der Waals surface area contributed by atoms with Crippen LogP contribution in [0.1, 0.15) is 65.3 Å². The van der Waals surface area contributed by atoms with E-state index in [1.54, 1.807) is 30.3 Å². The number of carbonyl (C=O) groups excluding carboxylic acids is 2. The standard InChI is InChI=1S/C30H35N3O4/c1-19(2)14-27(23-16-20(3)15-21(4)17-23)33-29(36)26-18-25(12-10-22(26)11-13-28(34)35)32-30(37)31-24-8-6-5-7-9-24/h5-10,12,15-19,27H,11,13-14H2,1-4H3,(H,33,36)(H,34,35)(H2,31,32,37). The van der Waals surface area contributed by atoms with Gasteiger partial charge in [-0.05, 0) is 68.0 Å². The summed E-state index contributed by atoms with van der Waals surface area (Å²) >= 11 is 0. The molecule has 1 atom stereocenters. The molecule has 0 aliphatic carbocycles. The molecule has 3 aromatic carbocycles. The quantitative estimate of drug-likeness (QED) is 0.255. The highest BCUT2D eigenvalue weighted by Gasteiger charge is 2.21. The Morgan fingerprint density at radius 3 is 2.11 bits per heavy atom. The second-order valence-electron chi connectivity index (χ2n) is 9.79. The number of amides is 3. The summed E-state index contributed by atoms with van der Waals surface area (Å²) in [6.07, 6.45) is 0.845.